The number of nitrogens with zero attached hydrogens (tertiary/aromatic N) is 1. The third kappa shape index (κ3) is 4.39. The maximum absolute atomic E-state index is 13.0. The van der Waals surface area contributed by atoms with Crippen LogP contribution in [0.1, 0.15) is 32.6 Å². The van der Waals surface area contributed by atoms with Gasteiger partial charge in [0.2, 0.25) is 15.9 Å². The highest BCUT2D eigenvalue weighted by Gasteiger charge is 2.47. The Hall–Kier alpha value is -0.960. The van der Waals surface area contributed by atoms with Crippen molar-refractivity contribution >= 4 is 31.9 Å². The van der Waals surface area contributed by atoms with Crippen molar-refractivity contribution < 1.29 is 13.2 Å². The Labute approximate surface area is 170 Å². The second-order valence-corrected chi connectivity index (χ2v) is 10.4. The van der Waals surface area contributed by atoms with Crippen LogP contribution < -0.4 is 10.6 Å². The van der Waals surface area contributed by atoms with Crippen LogP contribution in [0.4, 0.5) is 0 Å². The molecule has 1 heterocycles. The summed E-state index contributed by atoms with van der Waals surface area (Å²) in [4.78, 5) is 12.9. The second-order valence-electron chi connectivity index (χ2n) is 7.53. The number of rotatable bonds is 7. The van der Waals surface area contributed by atoms with E-state index in [4.69, 9.17) is 0 Å². The Kier molecular flexibility index (Phi) is 6.61. The first-order valence-corrected chi connectivity index (χ1v) is 11.8. The first-order chi connectivity index (χ1) is 12.9. The summed E-state index contributed by atoms with van der Waals surface area (Å²) in [7, 11) is -1.70. The zero-order chi connectivity index (χ0) is 19.6. The largest absolute Gasteiger partial charge is 0.352 e. The summed E-state index contributed by atoms with van der Waals surface area (Å²) >= 11 is 3.35. The van der Waals surface area contributed by atoms with Crippen molar-refractivity contribution in [1.82, 2.24) is 14.9 Å². The molecule has 0 spiro atoms. The van der Waals surface area contributed by atoms with Gasteiger partial charge >= 0.3 is 0 Å². The first kappa shape index (κ1) is 20.8. The number of benzene rings is 1. The topological polar surface area (TPSA) is 78.5 Å². The number of halogens is 1. The Balaban J connectivity index is 1.68. The van der Waals surface area contributed by atoms with Crippen molar-refractivity contribution in [2.75, 3.05) is 20.1 Å². The molecule has 27 heavy (non-hydrogen) atoms. The zero-order valence-electron chi connectivity index (χ0n) is 15.8. The van der Waals surface area contributed by atoms with Gasteiger partial charge in [0.15, 0.2) is 0 Å². The van der Waals surface area contributed by atoms with Crippen LogP contribution in [0.2, 0.25) is 0 Å². The monoisotopic (exact) mass is 457 g/mol. The van der Waals surface area contributed by atoms with Crippen molar-refractivity contribution in [3.8, 4) is 0 Å². The molecule has 1 aliphatic heterocycles. The van der Waals surface area contributed by atoms with E-state index in [9.17, 15) is 13.2 Å². The SMILES string of the molecule is CCC[C@H](NC)C(=O)N[C@H]1CC[C@@H]2CN(S(=O)(=O)c3cccc(Br)c3)C[C@@H]21. The molecule has 1 aliphatic carbocycles. The molecule has 0 aromatic heterocycles. The zero-order valence-corrected chi connectivity index (χ0v) is 18.2. The number of hydrogen-bond acceptors (Lipinski definition) is 4. The first-order valence-electron chi connectivity index (χ1n) is 9.60. The van der Waals surface area contributed by atoms with Crippen molar-refractivity contribution in [2.24, 2.45) is 11.8 Å². The van der Waals surface area contributed by atoms with Crippen LogP contribution in [0.15, 0.2) is 33.6 Å². The third-order valence-corrected chi connectivity index (χ3v) is 8.15. The number of amides is 1. The highest BCUT2D eigenvalue weighted by molar-refractivity contribution is 9.10. The molecule has 6 nitrogen and oxygen atoms in total. The molecule has 1 saturated carbocycles. The summed E-state index contributed by atoms with van der Waals surface area (Å²) in [6.45, 7) is 3.07. The lowest BCUT2D eigenvalue weighted by Gasteiger charge is -2.24. The Bertz CT molecular complexity index is 786. The number of carbonyl (C=O) groups is 1. The van der Waals surface area contributed by atoms with Crippen molar-refractivity contribution in [3.63, 3.8) is 0 Å². The molecule has 2 aliphatic rings. The number of sulfonamides is 1. The average Bonchev–Trinajstić information content (AvgIpc) is 3.22. The minimum atomic E-state index is -3.51. The highest BCUT2D eigenvalue weighted by Crippen LogP contribution is 2.40. The van der Waals surface area contributed by atoms with E-state index in [-0.39, 0.29) is 23.9 Å². The van der Waals surface area contributed by atoms with Gasteiger partial charge in [-0.25, -0.2) is 8.42 Å². The van der Waals surface area contributed by atoms with Crippen LogP contribution in [0.5, 0.6) is 0 Å². The lowest BCUT2D eigenvalue weighted by Crippen LogP contribution is -2.48. The molecule has 150 valence electrons. The minimum Gasteiger partial charge on any atom is -0.352 e. The van der Waals surface area contributed by atoms with Crippen LogP contribution in [0.3, 0.4) is 0 Å². The molecule has 1 amide bonds. The molecule has 1 aromatic rings. The van der Waals surface area contributed by atoms with Crippen LogP contribution in [-0.4, -0.2) is 50.9 Å². The highest BCUT2D eigenvalue weighted by atomic mass is 79.9. The minimum absolute atomic E-state index is 0.0262. The normalized spacial score (nSPS) is 26.7. The molecule has 4 atom stereocenters. The number of fused-ring (bicyclic) bond motifs is 1. The van der Waals surface area contributed by atoms with E-state index in [2.05, 4.69) is 33.5 Å². The van der Waals surface area contributed by atoms with Gasteiger partial charge in [0, 0.05) is 23.6 Å². The lowest BCUT2D eigenvalue weighted by molar-refractivity contribution is -0.124. The molecule has 1 aromatic carbocycles. The number of carbonyl (C=O) groups excluding carboxylic acids is 1. The van der Waals surface area contributed by atoms with Gasteiger partial charge in [0.05, 0.1) is 10.9 Å². The summed E-state index contributed by atoms with van der Waals surface area (Å²) in [6.07, 6.45) is 3.62. The molecular weight excluding hydrogens is 430 g/mol. The van der Waals surface area contributed by atoms with Gasteiger partial charge in [0.25, 0.3) is 0 Å². The van der Waals surface area contributed by atoms with Crippen LogP contribution in [0.25, 0.3) is 0 Å². The lowest BCUT2D eigenvalue weighted by atomic mass is 9.97. The number of hydrogen-bond donors (Lipinski definition) is 2. The molecule has 8 heteroatoms. The Morgan fingerprint density at radius 2 is 2.11 bits per heavy atom. The van der Waals surface area contributed by atoms with E-state index in [1.54, 1.807) is 29.6 Å². The van der Waals surface area contributed by atoms with Gasteiger partial charge in [-0.1, -0.05) is 35.3 Å². The molecule has 3 rings (SSSR count). The van der Waals surface area contributed by atoms with E-state index in [0.717, 1.165) is 30.2 Å². The van der Waals surface area contributed by atoms with Gasteiger partial charge < -0.3 is 10.6 Å². The fourth-order valence-electron chi connectivity index (χ4n) is 4.36. The Morgan fingerprint density at radius 3 is 2.78 bits per heavy atom. The van der Waals surface area contributed by atoms with E-state index in [1.807, 2.05) is 6.07 Å². The predicted octanol–water partition coefficient (Wildman–Crippen LogP) is 2.35. The molecule has 1 saturated heterocycles. The van der Waals surface area contributed by atoms with Crippen molar-refractivity contribution in [2.45, 2.75) is 49.6 Å². The molecule has 0 unspecified atom stereocenters. The number of nitrogens with one attached hydrogen (secondary N) is 2. The predicted molar refractivity (Wildman–Crippen MR) is 109 cm³/mol. The fourth-order valence-corrected chi connectivity index (χ4v) is 6.49. The van der Waals surface area contributed by atoms with Crippen LogP contribution in [0, 0.1) is 11.8 Å². The molecule has 0 radical (unpaired) electrons. The van der Waals surface area contributed by atoms with Crippen molar-refractivity contribution in [1.29, 1.82) is 0 Å². The quantitative estimate of drug-likeness (QED) is 0.658. The van der Waals surface area contributed by atoms with Gasteiger partial charge in [0.1, 0.15) is 0 Å². The smallest absolute Gasteiger partial charge is 0.243 e. The molecular formula is C19H28BrN3O3S. The van der Waals surface area contributed by atoms with Crippen LogP contribution in [-0.2, 0) is 14.8 Å². The number of likely N-dealkylation sites (N-methyl/N-ethyl adjacent to an activating group) is 1. The summed E-state index contributed by atoms with van der Waals surface area (Å²) in [5.41, 5.74) is 0. The standard InChI is InChI=1S/C19H28BrN3O3S/c1-3-5-18(21-2)19(24)22-17-9-8-13-11-23(12-16(13)17)27(25,26)15-7-4-6-14(20)10-15/h4,6-7,10,13,16-18,21H,3,5,8-9,11-12H2,1-2H3,(H,22,24)/t13-,16+,17+,18+/m1/s1. The van der Waals surface area contributed by atoms with E-state index >= 15 is 0 Å². The maximum atomic E-state index is 13.0. The summed E-state index contributed by atoms with van der Waals surface area (Å²) < 4.78 is 28.3. The summed E-state index contributed by atoms with van der Waals surface area (Å²) in [5, 5.41) is 6.25. The summed E-state index contributed by atoms with van der Waals surface area (Å²) in [6, 6.07) is 6.70. The van der Waals surface area contributed by atoms with Crippen LogP contribution >= 0.6 is 15.9 Å². The molecule has 0 bridgehead atoms. The third-order valence-electron chi connectivity index (χ3n) is 5.83. The average molecular weight is 458 g/mol. The maximum Gasteiger partial charge on any atom is 0.243 e. The van der Waals surface area contributed by atoms with Gasteiger partial charge in [-0.2, -0.15) is 4.31 Å². The van der Waals surface area contributed by atoms with Crippen molar-refractivity contribution in [3.05, 3.63) is 28.7 Å². The van der Waals surface area contributed by atoms with Gasteiger partial charge in [-0.3, -0.25) is 4.79 Å². The summed E-state index contributed by atoms with van der Waals surface area (Å²) in [5.74, 6) is 0.532. The van der Waals surface area contributed by atoms with E-state index in [0.29, 0.717) is 23.9 Å². The molecule has 2 fully saturated rings. The Morgan fingerprint density at radius 1 is 1.33 bits per heavy atom. The van der Waals surface area contributed by atoms with Gasteiger partial charge in [-0.15, -0.1) is 0 Å². The van der Waals surface area contributed by atoms with E-state index < -0.39 is 10.0 Å². The molecule has 2 N–H and O–H groups in total. The van der Waals surface area contributed by atoms with E-state index in [1.165, 1.54) is 0 Å². The fraction of sp³-hybridized carbons (Fsp3) is 0.632. The van der Waals surface area contributed by atoms with Gasteiger partial charge in [-0.05, 0) is 56.3 Å². The second kappa shape index (κ2) is 8.59.